The normalized spacial score (nSPS) is 31.6. The molecule has 0 bridgehead atoms. The molecule has 1 aliphatic rings. The molecule has 1 saturated heterocycles. The van der Waals surface area contributed by atoms with E-state index >= 15 is 0 Å². The Balaban J connectivity index is 2.73. The summed E-state index contributed by atoms with van der Waals surface area (Å²) in [6, 6.07) is 0.757. The molecule has 0 aliphatic carbocycles. The Kier molecular flexibility index (Phi) is 2.53. The maximum Gasteiger partial charge on any atom is 0.0186 e. The summed E-state index contributed by atoms with van der Waals surface area (Å²) in [5, 5.41) is 0. The zero-order valence-corrected chi connectivity index (χ0v) is 10.3. The minimum atomic E-state index is 0.422. The molecule has 1 fully saturated rings. The van der Waals surface area contributed by atoms with Crippen molar-refractivity contribution in [1.82, 2.24) is 4.90 Å². The van der Waals surface area contributed by atoms with E-state index in [0.717, 1.165) is 12.0 Å². The fourth-order valence-corrected chi connectivity index (χ4v) is 2.71. The Labute approximate surface area is 83.5 Å². The number of likely N-dealkylation sites (tertiary alicyclic amines) is 1. The maximum atomic E-state index is 2.50. The van der Waals surface area contributed by atoms with Crippen LogP contribution in [-0.4, -0.2) is 24.5 Å². The standard InChI is InChI=1S/C12H25N/c1-11(2,3)9-8-13(7)10(9)12(4,5)6/h9-10H,8H2,1-7H3. The van der Waals surface area contributed by atoms with Crippen molar-refractivity contribution >= 4 is 0 Å². The Morgan fingerprint density at radius 2 is 1.38 bits per heavy atom. The number of hydrogen-bond acceptors (Lipinski definition) is 1. The van der Waals surface area contributed by atoms with Crippen LogP contribution in [0.25, 0.3) is 0 Å². The van der Waals surface area contributed by atoms with Crippen LogP contribution in [0.5, 0.6) is 0 Å². The largest absolute Gasteiger partial charge is 0.302 e. The van der Waals surface area contributed by atoms with Crippen molar-refractivity contribution in [2.24, 2.45) is 16.7 Å². The summed E-state index contributed by atoms with van der Waals surface area (Å²) in [7, 11) is 2.25. The quantitative estimate of drug-likeness (QED) is 0.558. The third-order valence-corrected chi connectivity index (χ3v) is 3.34. The molecule has 1 nitrogen and oxygen atoms in total. The molecule has 2 unspecified atom stereocenters. The molecule has 1 rings (SSSR count). The molecule has 0 spiro atoms. The van der Waals surface area contributed by atoms with Gasteiger partial charge in [0.05, 0.1) is 0 Å². The number of hydrogen-bond donors (Lipinski definition) is 0. The van der Waals surface area contributed by atoms with Crippen LogP contribution in [-0.2, 0) is 0 Å². The Morgan fingerprint density at radius 3 is 1.54 bits per heavy atom. The highest BCUT2D eigenvalue weighted by atomic mass is 15.2. The summed E-state index contributed by atoms with van der Waals surface area (Å²) in [5.41, 5.74) is 0.884. The number of nitrogens with zero attached hydrogens (tertiary/aromatic N) is 1. The van der Waals surface area contributed by atoms with E-state index in [4.69, 9.17) is 0 Å². The van der Waals surface area contributed by atoms with E-state index in [0.29, 0.717) is 10.8 Å². The summed E-state index contributed by atoms with van der Waals surface area (Å²) >= 11 is 0. The van der Waals surface area contributed by atoms with Crippen molar-refractivity contribution < 1.29 is 0 Å². The molecular formula is C12H25N. The molecule has 0 aromatic carbocycles. The second kappa shape index (κ2) is 2.98. The van der Waals surface area contributed by atoms with Gasteiger partial charge in [-0.25, -0.2) is 0 Å². The first-order chi connectivity index (χ1) is 5.64. The lowest BCUT2D eigenvalue weighted by atomic mass is 9.63. The molecule has 0 saturated carbocycles. The van der Waals surface area contributed by atoms with E-state index in [1.165, 1.54) is 6.54 Å². The second-order valence-electron chi connectivity index (χ2n) is 6.72. The van der Waals surface area contributed by atoms with Crippen LogP contribution in [0.2, 0.25) is 0 Å². The van der Waals surface area contributed by atoms with Crippen LogP contribution in [0.1, 0.15) is 41.5 Å². The van der Waals surface area contributed by atoms with E-state index in [-0.39, 0.29) is 0 Å². The van der Waals surface area contributed by atoms with E-state index in [9.17, 15) is 0 Å². The van der Waals surface area contributed by atoms with Crippen molar-refractivity contribution in [1.29, 1.82) is 0 Å². The van der Waals surface area contributed by atoms with Crippen molar-refractivity contribution in [2.45, 2.75) is 47.6 Å². The molecule has 0 aromatic rings. The van der Waals surface area contributed by atoms with Gasteiger partial charge in [-0.05, 0) is 23.8 Å². The summed E-state index contributed by atoms with van der Waals surface area (Å²) in [6.07, 6.45) is 0. The van der Waals surface area contributed by atoms with Crippen LogP contribution in [0, 0.1) is 16.7 Å². The molecule has 1 heteroatoms. The molecule has 0 N–H and O–H groups in total. The predicted octanol–water partition coefficient (Wildman–Crippen LogP) is 3.01. The van der Waals surface area contributed by atoms with Crippen LogP contribution in [0.4, 0.5) is 0 Å². The maximum absolute atomic E-state index is 2.50. The molecule has 1 heterocycles. The highest BCUT2D eigenvalue weighted by molar-refractivity contribution is 5.01. The van der Waals surface area contributed by atoms with Crippen LogP contribution >= 0.6 is 0 Å². The smallest absolute Gasteiger partial charge is 0.0186 e. The van der Waals surface area contributed by atoms with Gasteiger partial charge in [0.1, 0.15) is 0 Å². The fourth-order valence-electron chi connectivity index (χ4n) is 2.71. The van der Waals surface area contributed by atoms with E-state index in [2.05, 4.69) is 53.5 Å². The molecule has 0 amide bonds. The summed E-state index contributed by atoms with van der Waals surface area (Å²) in [5.74, 6) is 0.859. The Bertz CT molecular complexity index is 182. The lowest BCUT2D eigenvalue weighted by Gasteiger charge is -2.57. The van der Waals surface area contributed by atoms with Gasteiger partial charge in [-0.3, -0.25) is 0 Å². The molecule has 2 atom stereocenters. The van der Waals surface area contributed by atoms with Gasteiger partial charge in [0, 0.05) is 12.6 Å². The molecule has 0 radical (unpaired) electrons. The molecule has 78 valence electrons. The predicted molar refractivity (Wildman–Crippen MR) is 58.8 cm³/mol. The zero-order chi connectivity index (χ0) is 10.4. The zero-order valence-electron chi connectivity index (χ0n) is 10.3. The first-order valence-electron chi connectivity index (χ1n) is 5.34. The third-order valence-electron chi connectivity index (χ3n) is 3.34. The average molecular weight is 183 g/mol. The first kappa shape index (κ1) is 11.0. The number of rotatable bonds is 0. The fraction of sp³-hybridized carbons (Fsp3) is 1.00. The molecular weight excluding hydrogens is 158 g/mol. The topological polar surface area (TPSA) is 3.24 Å². The van der Waals surface area contributed by atoms with Crippen molar-refractivity contribution in [2.75, 3.05) is 13.6 Å². The average Bonchev–Trinajstić information content (AvgIpc) is 1.75. The van der Waals surface area contributed by atoms with Gasteiger partial charge in [-0.2, -0.15) is 0 Å². The second-order valence-corrected chi connectivity index (χ2v) is 6.72. The lowest BCUT2D eigenvalue weighted by molar-refractivity contribution is -0.0819. The summed E-state index contributed by atoms with van der Waals surface area (Å²) in [6.45, 7) is 15.4. The minimum absolute atomic E-state index is 0.422. The van der Waals surface area contributed by atoms with Gasteiger partial charge >= 0.3 is 0 Å². The monoisotopic (exact) mass is 183 g/mol. The van der Waals surface area contributed by atoms with Gasteiger partial charge in [-0.1, -0.05) is 41.5 Å². The summed E-state index contributed by atoms with van der Waals surface area (Å²) in [4.78, 5) is 2.50. The first-order valence-corrected chi connectivity index (χ1v) is 5.34. The van der Waals surface area contributed by atoms with Gasteiger partial charge < -0.3 is 4.90 Å². The van der Waals surface area contributed by atoms with Gasteiger partial charge in [0.2, 0.25) is 0 Å². The highest BCUT2D eigenvalue weighted by Crippen LogP contribution is 2.45. The molecule has 13 heavy (non-hydrogen) atoms. The highest BCUT2D eigenvalue weighted by Gasteiger charge is 2.48. The van der Waals surface area contributed by atoms with Crippen LogP contribution in [0.15, 0.2) is 0 Å². The molecule has 0 aromatic heterocycles. The van der Waals surface area contributed by atoms with Crippen molar-refractivity contribution in [3.8, 4) is 0 Å². The van der Waals surface area contributed by atoms with Gasteiger partial charge in [0.25, 0.3) is 0 Å². The summed E-state index contributed by atoms with van der Waals surface area (Å²) < 4.78 is 0. The minimum Gasteiger partial charge on any atom is -0.302 e. The lowest BCUT2D eigenvalue weighted by Crippen LogP contribution is -2.63. The Hall–Kier alpha value is -0.0400. The Morgan fingerprint density at radius 1 is 0.923 bits per heavy atom. The van der Waals surface area contributed by atoms with Crippen molar-refractivity contribution in [3.05, 3.63) is 0 Å². The van der Waals surface area contributed by atoms with E-state index in [1.807, 2.05) is 0 Å². The van der Waals surface area contributed by atoms with E-state index in [1.54, 1.807) is 0 Å². The van der Waals surface area contributed by atoms with Crippen LogP contribution in [0.3, 0.4) is 0 Å². The SMILES string of the molecule is CN1CC(C(C)(C)C)C1C(C)(C)C. The van der Waals surface area contributed by atoms with Crippen LogP contribution < -0.4 is 0 Å². The van der Waals surface area contributed by atoms with Gasteiger partial charge in [-0.15, -0.1) is 0 Å². The van der Waals surface area contributed by atoms with E-state index < -0.39 is 0 Å². The molecule has 1 aliphatic heterocycles. The van der Waals surface area contributed by atoms with Crippen molar-refractivity contribution in [3.63, 3.8) is 0 Å². The van der Waals surface area contributed by atoms with Gasteiger partial charge in [0.15, 0.2) is 0 Å². The third kappa shape index (κ3) is 2.07.